The molecule has 0 saturated carbocycles. The summed E-state index contributed by atoms with van der Waals surface area (Å²) in [5.74, 6) is 0.876. The summed E-state index contributed by atoms with van der Waals surface area (Å²) in [4.78, 5) is 0.433. The second-order valence-corrected chi connectivity index (χ2v) is 7.06. The van der Waals surface area contributed by atoms with Gasteiger partial charge in [-0.15, -0.1) is 10.2 Å². The summed E-state index contributed by atoms with van der Waals surface area (Å²) in [5, 5.41) is 11.2. The number of fused-ring (bicyclic) bond motifs is 1. The molecule has 0 spiro atoms. The minimum Gasteiger partial charge on any atom is -0.319 e. The van der Waals surface area contributed by atoms with E-state index in [4.69, 9.17) is 0 Å². The van der Waals surface area contributed by atoms with E-state index in [1.165, 1.54) is 0 Å². The molecular weight excluding hydrogens is 276 g/mol. The molecule has 2 unspecified atom stereocenters. The van der Waals surface area contributed by atoms with Crippen LogP contribution >= 0.6 is 0 Å². The molecule has 1 aliphatic heterocycles. The second kappa shape index (κ2) is 4.68. The second-order valence-electron chi connectivity index (χ2n) is 5.06. The number of hydrogen-bond acceptors (Lipinski definition) is 5. The number of rotatable bonds is 3. The molecule has 1 aromatic carbocycles. The van der Waals surface area contributed by atoms with Gasteiger partial charge < -0.3 is 4.57 Å². The van der Waals surface area contributed by atoms with Gasteiger partial charge in [0.15, 0.2) is 9.84 Å². The number of nitrogens with zero attached hydrogens (tertiary/aromatic N) is 3. The maximum atomic E-state index is 12.1. The Morgan fingerprint density at radius 1 is 1.40 bits per heavy atom. The fourth-order valence-corrected chi connectivity index (χ4v) is 4.40. The highest BCUT2D eigenvalue weighted by molar-refractivity contribution is 7.91. The van der Waals surface area contributed by atoms with Crippen molar-refractivity contribution in [2.75, 3.05) is 5.75 Å². The predicted octanol–water partition coefficient (Wildman–Crippen LogP) is 0.994. The highest BCUT2D eigenvalue weighted by Gasteiger charge is 2.35. The molecule has 0 radical (unpaired) electrons. The van der Waals surface area contributed by atoms with Crippen molar-refractivity contribution in [3.05, 3.63) is 42.0 Å². The zero-order valence-electron chi connectivity index (χ0n) is 11.3. The van der Waals surface area contributed by atoms with Crippen molar-refractivity contribution in [3.8, 4) is 0 Å². The van der Waals surface area contributed by atoms with Crippen LogP contribution in [0.25, 0.3) is 0 Å². The first-order valence-corrected chi connectivity index (χ1v) is 8.06. The van der Waals surface area contributed by atoms with Crippen molar-refractivity contribution < 1.29 is 8.42 Å². The molecule has 2 heterocycles. The Bertz CT molecular complexity index is 738. The Labute approximate surface area is 117 Å². The molecule has 3 rings (SSSR count). The number of hydrogen-bond donors (Lipinski definition) is 1. The molecular formula is C13H16N4O2S. The van der Waals surface area contributed by atoms with Gasteiger partial charge in [-0.1, -0.05) is 18.2 Å². The zero-order valence-corrected chi connectivity index (χ0v) is 12.1. The van der Waals surface area contributed by atoms with E-state index in [2.05, 4.69) is 15.5 Å². The first-order valence-electron chi connectivity index (χ1n) is 6.40. The number of aryl methyl sites for hydroxylation is 1. The number of benzene rings is 1. The van der Waals surface area contributed by atoms with E-state index in [1.54, 1.807) is 18.5 Å². The van der Waals surface area contributed by atoms with Crippen LogP contribution in [0.4, 0.5) is 0 Å². The molecule has 2 atom stereocenters. The van der Waals surface area contributed by atoms with Gasteiger partial charge in [0, 0.05) is 13.1 Å². The Morgan fingerprint density at radius 3 is 2.85 bits per heavy atom. The smallest absolute Gasteiger partial charge is 0.180 e. The normalized spacial score (nSPS) is 21.6. The van der Waals surface area contributed by atoms with Crippen LogP contribution in [-0.4, -0.2) is 28.9 Å². The summed E-state index contributed by atoms with van der Waals surface area (Å²) in [7, 11) is -1.32. The lowest BCUT2D eigenvalue weighted by Crippen LogP contribution is -2.27. The lowest BCUT2D eigenvalue weighted by Gasteiger charge is -2.18. The maximum Gasteiger partial charge on any atom is 0.180 e. The highest BCUT2D eigenvalue weighted by atomic mass is 32.2. The molecule has 0 aliphatic carbocycles. The summed E-state index contributed by atoms with van der Waals surface area (Å²) in [6, 6.07) is 6.86. The topological polar surface area (TPSA) is 76.9 Å². The lowest BCUT2D eigenvalue weighted by atomic mass is 10.1. The van der Waals surface area contributed by atoms with Crippen molar-refractivity contribution in [2.24, 2.45) is 7.05 Å². The van der Waals surface area contributed by atoms with Gasteiger partial charge in [-0.2, -0.15) is 0 Å². The lowest BCUT2D eigenvalue weighted by molar-refractivity contribution is 0.468. The molecule has 1 aromatic heterocycles. The average molecular weight is 292 g/mol. The highest BCUT2D eigenvalue weighted by Crippen LogP contribution is 2.34. The molecule has 1 N–H and O–H groups in total. The molecule has 2 aromatic rings. The Hall–Kier alpha value is -1.73. The van der Waals surface area contributed by atoms with E-state index in [1.807, 2.05) is 30.7 Å². The third-order valence-electron chi connectivity index (χ3n) is 3.60. The molecule has 0 fully saturated rings. The van der Waals surface area contributed by atoms with E-state index in [9.17, 15) is 8.42 Å². The molecule has 20 heavy (non-hydrogen) atoms. The van der Waals surface area contributed by atoms with Crippen LogP contribution in [0.5, 0.6) is 0 Å². The standard InChI is InChI=1S/C13H16N4O2S/c1-9(13-16-14-8-17(13)2)15-11-7-20(18,19)12-6-4-3-5-10(11)12/h3-6,8-9,11,15H,7H2,1-2H3. The van der Waals surface area contributed by atoms with Crippen LogP contribution in [0.2, 0.25) is 0 Å². The monoisotopic (exact) mass is 292 g/mol. The summed E-state index contributed by atoms with van der Waals surface area (Å²) in [6.07, 6.45) is 1.63. The van der Waals surface area contributed by atoms with Crippen LogP contribution in [-0.2, 0) is 16.9 Å². The maximum absolute atomic E-state index is 12.1. The van der Waals surface area contributed by atoms with E-state index >= 15 is 0 Å². The van der Waals surface area contributed by atoms with Crippen molar-refractivity contribution in [3.63, 3.8) is 0 Å². The molecule has 0 bridgehead atoms. The Kier molecular flexibility index (Phi) is 3.10. The summed E-state index contributed by atoms with van der Waals surface area (Å²) < 4.78 is 26.1. The van der Waals surface area contributed by atoms with Crippen molar-refractivity contribution in [1.82, 2.24) is 20.1 Å². The quantitative estimate of drug-likeness (QED) is 0.913. The first kappa shape index (κ1) is 13.3. The van der Waals surface area contributed by atoms with E-state index in [0.717, 1.165) is 11.4 Å². The molecule has 1 aliphatic rings. The molecule has 0 saturated heterocycles. The van der Waals surface area contributed by atoms with Gasteiger partial charge in [-0.05, 0) is 18.6 Å². The number of sulfone groups is 1. The number of aromatic nitrogens is 3. The van der Waals surface area contributed by atoms with E-state index in [-0.39, 0.29) is 17.8 Å². The third-order valence-corrected chi connectivity index (χ3v) is 5.41. The van der Waals surface area contributed by atoms with Crippen LogP contribution in [0, 0.1) is 0 Å². The van der Waals surface area contributed by atoms with Crippen molar-refractivity contribution >= 4 is 9.84 Å². The van der Waals surface area contributed by atoms with Gasteiger partial charge in [0.05, 0.1) is 16.7 Å². The number of nitrogens with one attached hydrogen (secondary N) is 1. The van der Waals surface area contributed by atoms with Crippen LogP contribution in [0.3, 0.4) is 0 Å². The largest absolute Gasteiger partial charge is 0.319 e. The first-order chi connectivity index (χ1) is 9.49. The van der Waals surface area contributed by atoms with Gasteiger partial charge in [0.1, 0.15) is 12.2 Å². The minimum absolute atomic E-state index is 0.0751. The molecule has 0 amide bonds. The summed E-state index contributed by atoms with van der Waals surface area (Å²) in [5.41, 5.74) is 0.835. The van der Waals surface area contributed by atoms with Crippen molar-refractivity contribution in [2.45, 2.75) is 23.9 Å². The van der Waals surface area contributed by atoms with E-state index in [0.29, 0.717) is 4.90 Å². The Morgan fingerprint density at radius 2 is 2.15 bits per heavy atom. The van der Waals surface area contributed by atoms with Gasteiger partial charge in [-0.25, -0.2) is 8.42 Å². The fourth-order valence-electron chi connectivity index (χ4n) is 2.65. The summed E-state index contributed by atoms with van der Waals surface area (Å²) >= 11 is 0. The molecule has 106 valence electrons. The summed E-state index contributed by atoms with van der Waals surface area (Å²) in [6.45, 7) is 1.96. The average Bonchev–Trinajstić information content (AvgIpc) is 2.93. The zero-order chi connectivity index (χ0) is 14.3. The SMILES string of the molecule is CC(NC1CS(=O)(=O)c2ccccc21)c1nncn1C. The Balaban J connectivity index is 1.89. The third kappa shape index (κ3) is 2.12. The van der Waals surface area contributed by atoms with Gasteiger partial charge >= 0.3 is 0 Å². The van der Waals surface area contributed by atoms with E-state index < -0.39 is 9.84 Å². The van der Waals surface area contributed by atoms with Crippen LogP contribution in [0.1, 0.15) is 30.4 Å². The minimum atomic E-state index is -3.18. The van der Waals surface area contributed by atoms with Crippen LogP contribution < -0.4 is 5.32 Å². The van der Waals surface area contributed by atoms with Crippen LogP contribution in [0.15, 0.2) is 35.5 Å². The van der Waals surface area contributed by atoms with Gasteiger partial charge in [0.2, 0.25) is 0 Å². The van der Waals surface area contributed by atoms with Gasteiger partial charge in [0.25, 0.3) is 0 Å². The van der Waals surface area contributed by atoms with Crippen molar-refractivity contribution in [1.29, 1.82) is 0 Å². The fraction of sp³-hybridized carbons (Fsp3) is 0.385. The van der Waals surface area contributed by atoms with Gasteiger partial charge in [-0.3, -0.25) is 5.32 Å². The molecule has 7 heteroatoms. The molecule has 6 nitrogen and oxygen atoms in total. The predicted molar refractivity (Wildman–Crippen MR) is 73.8 cm³/mol.